The van der Waals surface area contributed by atoms with Gasteiger partial charge in [-0.3, -0.25) is 4.79 Å². The number of para-hydroxylation sites is 1. The van der Waals surface area contributed by atoms with Gasteiger partial charge in [-0.05, 0) is 43.4 Å². The zero-order chi connectivity index (χ0) is 19.2. The van der Waals surface area contributed by atoms with Crippen LogP contribution in [0.2, 0.25) is 5.02 Å². The van der Waals surface area contributed by atoms with Crippen molar-refractivity contribution in [2.45, 2.75) is 6.92 Å². The van der Waals surface area contributed by atoms with Gasteiger partial charge in [0.15, 0.2) is 11.7 Å². The van der Waals surface area contributed by atoms with Gasteiger partial charge < -0.3 is 20.4 Å². The van der Waals surface area contributed by atoms with Crippen molar-refractivity contribution < 1.29 is 9.69 Å². The van der Waals surface area contributed by atoms with E-state index in [2.05, 4.69) is 34.6 Å². The number of amides is 1. The summed E-state index contributed by atoms with van der Waals surface area (Å²) in [5, 5.41) is 7.46. The minimum absolute atomic E-state index is 0.0214. The highest BCUT2D eigenvalue weighted by Gasteiger charge is 2.23. The number of halogens is 1. The number of hydrogen-bond donors (Lipinski definition) is 3. The van der Waals surface area contributed by atoms with Crippen molar-refractivity contribution in [1.82, 2.24) is 4.90 Å². The Morgan fingerprint density at radius 1 is 1.11 bits per heavy atom. The minimum atomic E-state index is -0.0214. The highest BCUT2D eigenvalue weighted by Crippen LogP contribution is 2.19. The second kappa shape index (κ2) is 9.17. The first-order chi connectivity index (χ1) is 13.0. The highest BCUT2D eigenvalue weighted by atomic mass is 35.5. The van der Waals surface area contributed by atoms with Gasteiger partial charge in [0.25, 0.3) is 5.91 Å². The molecule has 1 aliphatic rings. The number of quaternary nitrogens is 1. The molecule has 1 saturated heterocycles. The molecule has 3 rings (SSSR count). The number of rotatable bonds is 4. The smallest absolute Gasteiger partial charge is 0.279 e. The van der Waals surface area contributed by atoms with E-state index in [-0.39, 0.29) is 5.91 Å². The van der Waals surface area contributed by atoms with E-state index in [0.29, 0.717) is 17.3 Å². The third-order valence-corrected chi connectivity index (χ3v) is 5.31. The Labute approximate surface area is 170 Å². The van der Waals surface area contributed by atoms with Gasteiger partial charge in [0, 0.05) is 5.69 Å². The van der Waals surface area contributed by atoms with Crippen LogP contribution in [0.25, 0.3) is 0 Å². The summed E-state index contributed by atoms with van der Waals surface area (Å²) in [6.07, 6.45) is 0. The van der Waals surface area contributed by atoms with Crippen molar-refractivity contribution >= 4 is 46.2 Å². The van der Waals surface area contributed by atoms with Gasteiger partial charge in [-0.1, -0.05) is 41.4 Å². The summed E-state index contributed by atoms with van der Waals surface area (Å²) >= 11 is 11.6. The summed E-state index contributed by atoms with van der Waals surface area (Å²) in [6, 6.07) is 15.5. The van der Waals surface area contributed by atoms with Crippen molar-refractivity contribution in [3.05, 3.63) is 59.1 Å². The van der Waals surface area contributed by atoms with Gasteiger partial charge in [-0.25, -0.2) is 0 Å². The number of nitrogens with one attached hydrogen (secondary N) is 3. The van der Waals surface area contributed by atoms with Crippen molar-refractivity contribution in [3.63, 3.8) is 0 Å². The number of carbonyl (C=O) groups is 1. The van der Waals surface area contributed by atoms with Crippen LogP contribution in [0.4, 0.5) is 11.4 Å². The molecule has 1 aliphatic heterocycles. The number of nitrogens with zero attached hydrogens (tertiary/aromatic N) is 1. The van der Waals surface area contributed by atoms with E-state index in [9.17, 15) is 4.79 Å². The lowest BCUT2D eigenvalue weighted by Gasteiger charge is -2.33. The zero-order valence-electron chi connectivity index (χ0n) is 15.3. The SMILES string of the molecule is Cc1ccc(NC(=S)N2CC[NH+](CC(=O)Nc3ccccc3Cl)CC2)cc1. The molecule has 1 amide bonds. The molecule has 0 radical (unpaired) electrons. The predicted octanol–water partition coefficient (Wildman–Crippen LogP) is 2.18. The fourth-order valence-corrected chi connectivity index (χ4v) is 3.51. The fraction of sp³-hybridized carbons (Fsp3) is 0.300. The molecule has 1 fully saturated rings. The van der Waals surface area contributed by atoms with Crippen molar-refractivity contribution in [3.8, 4) is 0 Å². The lowest BCUT2D eigenvalue weighted by Crippen LogP contribution is -3.15. The molecule has 0 aliphatic carbocycles. The van der Waals surface area contributed by atoms with Crippen LogP contribution in [0, 0.1) is 6.92 Å². The fourth-order valence-electron chi connectivity index (χ4n) is 3.03. The van der Waals surface area contributed by atoms with Gasteiger partial charge >= 0.3 is 0 Å². The van der Waals surface area contributed by atoms with Crippen molar-refractivity contribution in [2.75, 3.05) is 43.4 Å². The largest absolute Gasteiger partial charge is 0.338 e. The molecular formula is C20H24ClN4OS+. The zero-order valence-corrected chi connectivity index (χ0v) is 16.9. The maximum atomic E-state index is 12.3. The number of aryl methyl sites for hydroxylation is 1. The standard InChI is InChI=1S/C20H23ClN4OS/c1-15-6-8-16(9-7-15)22-20(27)25-12-10-24(11-13-25)14-19(26)23-18-5-3-2-4-17(18)21/h2-9H,10-14H2,1H3,(H,22,27)(H,23,26)/p+1. The molecule has 0 bridgehead atoms. The van der Waals surface area contributed by atoms with Crippen LogP contribution in [0.1, 0.15) is 5.56 Å². The minimum Gasteiger partial charge on any atom is -0.338 e. The molecule has 3 N–H and O–H groups in total. The molecule has 0 atom stereocenters. The van der Waals surface area contributed by atoms with E-state index in [1.807, 2.05) is 30.3 Å². The monoisotopic (exact) mass is 403 g/mol. The highest BCUT2D eigenvalue weighted by molar-refractivity contribution is 7.80. The van der Waals surface area contributed by atoms with Crippen LogP contribution in [-0.2, 0) is 4.79 Å². The number of anilines is 2. The van der Waals surface area contributed by atoms with Gasteiger partial charge in [-0.2, -0.15) is 0 Å². The Hall–Kier alpha value is -2.15. The van der Waals surface area contributed by atoms with Crippen LogP contribution in [-0.4, -0.2) is 48.6 Å². The average molecular weight is 404 g/mol. The molecule has 0 spiro atoms. The molecule has 0 saturated carbocycles. The summed E-state index contributed by atoms with van der Waals surface area (Å²) in [7, 11) is 0. The molecule has 0 aromatic heterocycles. The molecule has 142 valence electrons. The lowest BCUT2D eigenvalue weighted by atomic mass is 10.2. The molecule has 5 nitrogen and oxygen atoms in total. The second-order valence-electron chi connectivity index (χ2n) is 6.74. The van der Waals surface area contributed by atoms with Crippen LogP contribution < -0.4 is 15.5 Å². The number of carbonyl (C=O) groups excluding carboxylic acids is 1. The van der Waals surface area contributed by atoms with Crippen molar-refractivity contribution in [1.29, 1.82) is 0 Å². The van der Waals surface area contributed by atoms with E-state index >= 15 is 0 Å². The molecular weight excluding hydrogens is 380 g/mol. The molecule has 7 heteroatoms. The van der Waals surface area contributed by atoms with E-state index in [1.165, 1.54) is 10.5 Å². The van der Waals surface area contributed by atoms with Gasteiger partial charge in [0.05, 0.1) is 36.9 Å². The van der Waals surface area contributed by atoms with E-state index in [0.717, 1.165) is 37.0 Å². The maximum absolute atomic E-state index is 12.3. The summed E-state index contributed by atoms with van der Waals surface area (Å²) in [5.74, 6) is -0.0214. The van der Waals surface area contributed by atoms with Gasteiger partial charge in [-0.15, -0.1) is 0 Å². The number of benzene rings is 2. The van der Waals surface area contributed by atoms with Gasteiger partial charge in [0.1, 0.15) is 0 Å². The molecule has 0 unspecified atom stereocenters. The number of piperazine rings is 1. The first-order valence-corrected chi connectivity index (χ1v) is 9.80. The average Bonchev–Trinajstić information content (AvgIpc) is 2.66. The second-order valence-corrected chi connectivity index (χ2v) is 7.53. The Morgan fingerprint density at radius 3 is 2.44 bits per heavy atom. The lowest BCUT2D eigenvalue weighted by molar-refractivity contribution is -0.895. The predicted molar refractivity (Wildman–Crippen MR) is 115 cm³/mol. The van der Waals surface area contributed by atoms with Crippen LogP contribution >= 0.6 is 23.8 Å². The topological polar surface area (TPSA) is 48.8 Å². The Balaban J connectivity index is 1.44. The summed E-state index contributed by atoms with van der Waals surface area (Å²) in [4.78, 5) is 15.7. The third-order valence-electron chi connectivity index (χ3n) is 4.62. The van der Waals surface area contributed by atoms with E-state index < -0.39 is 0 Å². The van der Waals surface area contributed by atoms with Crippen LogP contribution in [0.5, 0.6) is 0 Å². The van der Waals surface area contributed by atoms with E-state index in [4.69, 9.17) is 23.8 Å². The quantitative estimate of drug-likeness (QED) is 0.685. The first kappa shape index (κ1) is 19.6. The number of thiocarbonyl (C=S) groups is 1. The summed E-state index contributed by atoms with van der Waals surface area (Å²) in [5.41, 5.74) is 2.88. The Kier molecular flexibility index (Phi) is 6.66. The van der Waals surface area contributed by atoms with Gasteiger partial charge in [0.2, 0.25) is 0 Å². The van der Waals surface area contributed by atoms with Crippen molar-refractivity contribution in [2.24, 2.45) is 0 Å². The van der Waals surface area contributed by atoms with Crippen LogP contribution in [0.3, 0.4) is 0 Å². The Bertz CT molecular complexity index is 804. The molecule has 2 aromatic rings. The maximum Gasteiger partial charge on any atom is 0.279 e. The molecule has 2 aromatic carbocycles. The first-order valence-electron chi connectivity index (χ1n) is 9.02. The summed E-state index contributed by atoms with van der Waals surface area (Å²) < 4.78 is 0. The summed E-state index contributed by atoms with van der Waals surface area (Å²) in [6.45, 7) is 5.87. The Morgan fingerprint density at radius 2 is 1.78 bits per heavy atom. The normalized spacial score (nSPS) is 14.7. The van der Waals surface area contributed by atoms with Crippen LogP contribution in [0.15, 0.2) is 48.5 Å². The number of hydrogen-bond acceptors (Lipinski definition) is 2. The molecule has 27 heavy (non-hydrogen) atoms. The van der Waals surface area contributed by atoms with E-state index in [1.54, 1.807) is 6.07 Å². The third kappa shape index (κ3) is 5.66. The molecule has 1 heterocycles.